The van der Waals surface area contributed by atoms with Crippen molar-refractivity contribution >= 4 is 28.5 Å². The quantitative estimate of drug-likeness (QED) is 0.719. The van der Waals surface area contributed by atoms with Crippen LogP contribution in [0.25, 0.3) is 22.2 Å². The SMILES string of the molecule is O=C(Cn1ncc2ncc(-c3ccc(F)c(Cl)c3)cc21)N1CC(F)C1. The average molecular weight is 363 g/mol. The smallest absolute Gasteiger partial charge is 0.244 e. The number of carbonyl (C=O) groups excluding carboxylic acids is 1. The molecule has 0 saturated carbocycles. The van der Waals surface area contributed by atoms with Crippen LogP contribution in [-0.4, -0.2) is 44.8 Å². The molecule has 1 saturated heterocycles. The molecule has 128 valence electrons. The van der Waals surface area contributed by atoms with Crippen molar-refractivity contribution in [1.29, 1.82) is 0 Å². The minimum Gasteiger partial charge on any atom is -0.335 e. The lowest BCUT2D eigenvalue weighted by Crippen LogP contribution is -2.52. The van der Waals surface area contributed by atoms with Crippen LogP contribution in [0, 0.1) is 5.82 Å². The van der Waals surface area contributed by atoms with E-state index in [1.54, 1.807) is 18.5 Å². The Hall–Kier alpha value is -2.54. The highest BCUT2D eigenvalue weighted by Gasteiger charge is 2.30. The Kier molecular flexibility index (Phi) is 3.88. The summed E-state index contributed by atoms with van der Waals surface area (Å²) in [7, 11) is 0. The van der Waals surface area contributed by atoms with Crippen LogP contribution in [0.1, 0.15) is 0 Å². The van der Waals surface area contributed by atoms with E-state index in [1.165, 1.54) is 21.7 Å². The molecule has 3 heterocycles. The van der Waals surface area contributed by atoms with E-state index in [2.05, 4.69) is 10.1 Å². The normalized spacial score (nSPS) is 14.8. The van der Waals surface area contributed by atoms with Gasteiger partial charge in [0.15, 0.2) is 0 Å². The summed E-state index contributed by atoms with van der Waals surface area (Å²) in [6.45, 7) is 0.288. The molecule has 0 atom stereocenters. The molecule has 8 heteroatoms. The summed E-state index contributed by atoms with van der Waals surface area (Å²) in [5.41, 5.74) is 2.75. The second kappa shape index (κ2) is 6.07. The third-order valence-electron chi connectivity index (χ3n) is 4.22. The number of nitrogens with zero attached hydrogens (tertiary/aromatic N) is 4. The molecule has 0 radical (unpaired) electrons. The van der Waals surface area contributed by atoms with Crippen molar-refractivity contribution in [3.8, 4) is 11.1 Å². The van der Waals surface area contributed by atoms with E-state index < -0.39 is 12.0 Å². The van der Waals surface area contributed by atoms with Gasteiger partial charge in [0, 0.05) is 11.8 Å². The Labute approximate surface area is 146 Å². The average Bonchev–Trinajstić information content (AvgIpc) is 2.96. The molecule has 0 spiro atoms. The standard InChI is InChI=1S/C17H13ClF2N4O/c18-13-3-10(1-2-14(13)20)11-4-16-15(21-5-11)6-22-24(16)9-17(25)23-7-12(19)8-23/h1-6,12H,7-9H2. The van der Waals surface area contributed by atoms with Gasteiger partial charge in [0.25, 0.3) is 0 Å². The molecule has 2 aromatic heterocycles. The maximum Gasteiger partial charge on any atom is 0.244 e. The van der Waals surface area contributed by atoms with E-state index in [4.69, 9.17) is 11.6 Å². The highest BCUT2D eigenvalue weighted by Crippen LogP contribution is 2.26. The number of hydrogen-bond donors (Lipinski definition) is 0. The molecule has 1 aliphatic rings. The van der Waals surface area contributed by atoms with Crippen molar-refractivity contribution < 1.29 is 13.6 Å². The lowest BCUT2D eigenvalue weighted by Gasteiger charge is -2.34. The predicted octanol–water partition coefficient (Wildman–Crippen LogP) is 3.07. The van der Waals surface area contributed by atoms with Gasteiger partial charge in [-0.15, -0.1) is 0 Å². The van der Waals surface area contributed by atoms with Gasteiger partial charge in [0.1, 0.15) is 24.1 Å². The molecule has 25 heavy (non-hydrogen) atoms. The molecule has 0 aliphatic carbocycles. The summed E-state index contributed by atoms with van der Waals surface area (Å²) < 4.78 is 27.8. The molecule has 1 fully saturated rings. The fraction of sp³-hybridized carbons (Fsp3) is 0.235. The highest BCUT2D eigenvalue weighted by atomic mass is 35.5. The number of amides is 1. The molecular weight excluding hydrogens is 350 g/mol. The summed E-state index contributed by atoms with van der Waals surface area (Å²) >= 11 is 5.84. The van der Waals surface area contributed by atoms with Gasteiger partial charge in [0.2, 0.25) is 5.91 Å². The fourth-order valence-corrected chi connectivity index (χ4v) is 2.95. The van der Waals surface area contributed by atoms with Crippen molar-refractivity contribution in [1.82, 2.24) is 19.7 Å². The maximum absolute atomic E-state index is 13.3. The first-order valence-electron chi connectivity index (χ1n) is 7.70. The molecular formula is C17H13ClF2N4O. The van der Waals surface area contributed by atoms with Gasteiger partial charge in [-0.05, 0) is 23.8 Å². The molecule has 3 aromatic rings. The molecule has 0 N–H and O–H groups in total. The largest absolute Gasteiger partial charge is 0.335 e. The number of pyridine rings is 1. The Morgan fingerprint density at radius 3 is 2.76 bits per heavy atom. The van der Waals surface area contributed by atoms with E-state index in [-0.39, 0.29) is 30.6 Å². The summed E-state index contributed by atoms with van der Waals surface area (Å²) in [6, 6.07) is 6.24. The first-order chi connectivity index (χ1) is 12.0. The van der Waals surface area contributed by atoms with E-state index in [0.717, 1.165) is 5.56 Å². The number of rotatable bonds is 3. The van der Waals surface area contributed by atoms with Crippen LogP contribution in [0.3, 0.4) is 0 Å². The van der Waals surface area contributed by atoms with E-state index >= 15 is 0 Å². The summed E-state index contributed by atoms with van der Waals surface area (Å²) in [5, 5.41) is 4.22. The topological polar surface area (TPSA) is 51.0 Å². The second-order valence-electron chi connectivity index (χ2n) is 5.96. The van der Waals surface area contributed by atoms with Gasteiger partial charge in [-0.3, -0.25) is 14.5 Å². The molecule has 1 amide bonds. The number of fused-ring (bicyclic) bond motifs is 1. The number of aromatic nitrogens is 3. The van der Waals surface area contributed by atoms with Crippen molar-refractivity contribution in [2.24, 2.45) is 0 Å². The van der Waals surface area contributed by atoms with E-state index in [1.807, 2.05) is 6.07 Å². The molecule has 1 aliphatic heterocycles. The Morgan fingerprint density at radius 2 is 2.04 bits per heavy atom. The zero-order chi connectivity index (χ0) is 17.6. The molecule has 1 aromatic carbocycles. The van der Waals surface area contributed by atoms with Crippen molar-refractivity contribution in [2.75, 3.05) is 13.1 Å². The van der Waals surface area contributed by atoms with Crippen LogP contribution in [0.5, 0.6) is 0 Å². The Bertz CT molecular complexity index is 968. The number of alkyl halides is 1. The van der Waals surface area contributed by atoms with Gasteiger partial charge in [-0.1, -0.05) is 17.7 Å². The number of benzene rings is 1. The summed E-state index contributed by atoms with van der Waals surface area (Å²) in [4.78, 5) is 17.9. The number of likely N-dealkylation sites (tertiary alicyclic amines) is 1. The van der Waals surface area contributed by atoms with Crippen LogP contribution in [-0.2, 0) is 11.3 Å². The second-order valence-corrected chi connectivity index (χ2v) is 6.36. The Balaban J connectivity index is 1.65. The third-order valence-corrected chi connectivity index (χ3v) is 4.51. The van der Waals surface area contributed by atoms with Crippen molar-refractivity contribution in [3.63, 3.8) is 0 Å². The molecule has 4 rings (SSSR count). The monoisotopic (exact) mass is 362 g/mol. The first-order valence-corrected chi connectivity index (χ1v) is 8.08. The zero-order valence-corrected chi connectivity index (χ0v) is 13.7. The van der Waals surface area contributed by atoms with Crippen LogP contribution in [0.4, 0.5) is 8.78 Å². The summed E-state index contributed by atoms with van der Waals surface area (Å²) in [5.74, 6) is -0.676. The van der Waals surface area contributed by atoms with Crippen molar-refractivity contribution in [3.05, 3.63) is 47.5 Å². The van der Waals surface area contributed by atoms with Gasteiger partial charge in [0.05, 0.1) is 29.8 Å². The minimum absolute atomic E-state index is 0.0194. The Morgan fingerprint density at radius 1 is 1.24 bits per heavy atom. The van der Waals surface area contributed by atoms with E-state index in [9.17, 15) is 13.6 Å². The van der Waals surface area contributed by atoms with Crippen LogP contribution >= 0.6 is 11.6 Å². The number of halogens is 3. The highest BCUT2D eigenvalue weighted by molar-refractivity contribution is 6.31. The number of hydrogen-bond acceptors (Lipinski definition) is 3. The van der Waals surface area contributed by atoms with Crippen LogP contribution < -0.4 is 0 Å². The van der Waals surface area contributed by atoms with Crippen LogP contribution in [0.2, 0.25) is 5.02 Å². The molecule has 0 unspecified atom stereocenters. The molecule has 5 nitrogen and oxygen atoms in total. The predicted molar refractivity (Wildman–Crippen MR) is 89.4 cm³/mol. The van der Waals surface area contributed by atoms with Crippen molar-refractivity contribution in [2.45, 2.75) is 12.7 Å². The maximum atomic E-state index is 13.3. The van der Waals surface area contributed by atoms with Gasteiger partial charge in [-0.2, -0.15) is 5.10 Å². The first kappa shape index (κ1) is 16.0. The zero-order valence-electron chi connectivity index (χ0n) is 13.0. The minimum atomic E-state index is -0.935. The summed E-state index contributed by atoms with van der Waals surface area (Å²) in [6.07, 6.45) is 2.27. The van der Waals surface area contributed by atoms with Gasteiger partial charge < -0.3 is 4.90 Å². The van der Waals surface area contributed by atoms with E-state index in [0.29, 0.717) is 16.6 Å². The van der Waals surface area contributed by atoms with Gasteiger partial charge in [-0.25, -0.2) is 8.78 Å². The lowest BCUT2D eigenvalue weighted by molar-refractivity contribution is -0.139. The fourth-order valence-electron chi connectivity index (χ4n) is 2.77. The number of carbonyl (C=O) groups is 1. The third kappa shape index (κ3) is 2.95. The lowest BCUT2D eigenvalue weighted by atomic mass is 10.1. The van der Waals surface area contributed by atoms with Crippen LogP contribution in [0.15, 0.2) is 36.7 Å². The van der Waals surface area contributed by atoms with Gasteiger partial charge >= 0.3 is 0 Å². The molecule has 0 bridgehead atoms.